The number of carbonyl (C=O) groups is 1. The molecule has 1 fully saturated rings. The molecular weight excluding hydrogens is 290 g/mol. The van der Waals surface area contributed by atoms with Gasteiger partial charge >= 0.3 is 0 Å². The van der Waals surface area contributed by atoms with Crippen LogP contribution in [0.3, 0.4) is 0 Å². The second-order valence-corrected chi connectivity index (χ2v) is 7.59. The van der Waals surface area contributed by atoms with Gasteiger partial charge in [0.05, 0.1) is 6.26 Å². The van der Waals surface area contributed by atoms with Crippen molar-refractivity contribution in [1.29, 1.82) is 0 Å². The van der Waals surface area contributed by atoms with Crippen molar-refractivity contribution in [3.63, 3.8) is 0 Å². The number of piperidine rings is 1. The zero-order valence-corrected chi connectivity index (χ0v) is 13.4. The SMILES string of the molecule is CN(C)C(=O)c1cccc(C2CCCN(S(C)(=O)=O)C2)n1. The Morgan fingerprint density at radius 1 is 1.38 bits per heavy atom. The van der Waals surface area contributed by atoms with Crippen molar-refractivity contribution in [2.75, 3.05) is 33.4 Å². The number of hydrogen-bond donors (Lipinski definition) is 0. The molecule has 1 atom stereocenters. The molecule has 0 saturated carbocycles. The monoisotopic (exact) mass is 311 g/mol. The molecule has 1 unspecified atom stereocenters. The fraction of sp³-hybridized carbons (Fsp3) is 0.571. The lowest BCUT2D eigenvalue weighted by Gasteiger charge is -2.30. The van der Waals surface area contributed by atoms with Gasteiger partial charge in [-0.25, -0.2) is 17.7 Å². The first-order valence-electron chi connectivity index (χ1n) is 6.93. The molecule has 2 heterocycles. The highest BCUT2D eigenvalue weighted by Crippen LogP contribution is 2.27. The smallest absolute Gasteiger partial charge is 0.271 e. The lowest BCUT2D eigenvalue weighted by molar-refractivity contribution is 0.0821. The maximum Gasteiger partial charge on any atom is 0.271 e. The van der Waals surface area contributed by atoms with Gasteiger partial charge in [0, 0.05) is 38.8 Å². The quantitative estimate of drug-likeness (QED) is 0.832. The summed E-state index contributed by atoms with van der Waals surface area (Å²) in [5, 5.41) is 0. The molecular formula is C14H21N3O3S. The fourth-order valence-electron chi connectivity index (χ4n) is 2.51. The zero-order valence-electron chi connectivity index (χ0n) is 12.6. The van der Waals surface area contributed by atoms with Crippen LogP contribution in [-0.4, -0.2) is 62.0 Å². The average molecular weight is 311 g/mol. The molecule has 21 heavy (non-hydrogen) atoms. The lowest BCUT2D eigenvalue weighted by Crippen LogP contribution is -2.38. The Kier molecular flexibility index (Phi) is 4.63. The lowest BCUT2D eigenvalue weighted by atomic mass is 9.95. The molecule has 2 rings (SSSR count). The molecule has 0 aliphatic carbocycles. The summed E-state index contributed by atoms with van der Waals surface area (Å²) in [6, 6.07) is 5.35. The van der Waals surface area contributed by atoms with Gasteiger partial charge in [0.1, 0.15) is 5.69 Å². The van der Waals surface area contributed by atoms with Crippen molar-refractivity contribution in [2.45, 2.75) is 18.8 Å². The van der Waals surface area contributed by atoms with E-state index in [0.29, 0.717) is 18.8 Å². The molecule has 6 nitrogen and oxygen atoms in total. The van der Waals surface area contributed by atoms with Crippen molar-refractivity contribution in [1.82, 2.24) is 14.2 Å². The molecule has 0 N–H and O–H groups in total. The van der Waals surface area contributed by atoms with Crippen LogP contribution in [0.25, 0.3) is 0 Å². The number of hydrogen-bond acceptors (Lipinski definition) is 4. The van der Waals surface area contributed by atoms with Crippen molar-refractivity contribution < 1.29 is 13.2 Å². The number of aromatic nitrogens is 1. The van der Waals surface area contributed by atoms with E-state index in [-0.39, 0.29) is 11.8 Å². The largest absolute Gasteiger partial charge is 0.343 e. The van der Waals surface area contributed by atoms with Crippen LogP contribution in [0.2, 0.25) is 0 Å². The molecule has 116 valence electrons. The number of rotatable bonds is 3. The van der Waals surface area contributed by atoms with E-state index in [1.54, 1.807) is 26.2 Å². The summed E-state index contributed by atoms with van der Waals surface area (Å²) in [6.45, 7) is 0.997. The minimum absolute atomic E-state index is 0.0448. The van der Waals surface area contributed by atoms with Crippen molar-refractivity contribution in [2.24, 2.45) is 0 Å². The minimum atomic E-state index is -3.18. The maximum atomic E-state index is 12.0. The highest BCUT2D eigenvalue weighted by Gasteiger charge is 2.28. The van der Waals surface area contributed by atoms with Gasteiger partial charge in [0.25, 0.3) is 5.91 Å². The molecule has 0 aromatic carbocycles. The van der Waals surface area contributed by atoms with E-state index in [1.165, 1.54) is 15.5 Å². The van der Waals surface area contributed by atoms with Gasteiger partial charge in [-0.3, -0.25) is 4.79 Å². The molecule has 7 heteroatoms. The van der Waals surface area contributed by atoms with Gasteiger partial charge in [-0.05, 0) is 25.0 Å². The van der Waals surface area contributed by atoms with Gasteiger partial charge < -0.3 is 4.90 Å². The Hall–Kier alpha value is -1.47. The van der Waals surface area contributed by atoms with E-state index >= 15 is 0 Å². The van der Waals surface area contributed by atoms with E-state index in [0.717, 1.165) is 18.5 Å². The molecule has 1 aromatic heterocycles. The summed E-state index contributed by atoms with van der Waals surface area (Å²) < 4.78 is 24.8. The van der Waals surface area contributed by atoms with Crippen LogP contribution < -0.4 is 0 Å². The number of amides is 1. The molecule has 1 amide bonds. The highest BCUT2D eigenvalue weighted by molar-refractivity contribution is 7.88. The van der Waals surface area contributed by atoms with Crippen LogP contribution in [0.15, 0.2) is 18.2 Å². The average Bonchev–Trinajstić information content (AvgIpc) is 2.46. The third kappa shape index (κ3) is 3.79. The first-order chi connectivity index (χ1) is 9.79. The van der Waals surface area contributed by atoms with Gasteiger partial charge in [0.15, 0.2) is 0 Å². The van der Waals surface area contributed by atoms with Gasteiger partial charge in [-0.2, -0.15) is 0 Å². The summed E-state index contributed by atoms with van der Waals surface area (Å²) >= 11 is 0. The Labute approximate surface area is 125 Å². The summed E-state index contributed by atoms with van der Waals surface area (Å²) in [6.07, 6.45) is 2.93. The Morgan fingerprint density at radius 2 is 2.10 bits per heavy atom. The number of carbonyl (C=O) groups excluding carboxylic acids is 1. The van der Waals surface area contributed by atoms with E-state index < -0.39 is 10.0 Å². The van der Waals surface area contributed by atoms with Crippen LogP contribution in [0.4, 0.5) is 0 Å². The third-order valence-corrected chi connectivity index (χ3v) is 4.94. The van der Waals surface area contributed by atoms with Gasteiger partial charge in [-0.1, -0.05) is 6.07 Å². The molecule has 1 saturated heterocycles. The predicted molar refractivity (Wildman–Crippen MR) is 80.6 cm³/mol. The third-order valence-electron chi connectivity index (χ3n) is 3.67. The summed E-state index contributed by atoms with van der Waals surface area (Å²) in [5.41, 5.74) is 1.19. The highest BCUT2D eigenvalue weighted by atomic mass is 32.2. The zero-order chi connectivity index (χ0) is 15.6. The van der Waals surface area contributed by atoms with Crippen molar-refractivity contribution in [3.8, 4) is 0 Å². The fourth-order valence-corrected chi connectivity index (χ4v) is 3.42. The number of nitrogens with zero attached hydrogens (tertiary/aromatic N) is 3. The van der Waals surface area contributed by atoms with E-state index in [2.05, 4.69) is 4.98 Å². The molecule has 0 radical (unpaired) electrons. The van der Waals surface area contributed by atoms with Gasteiger partial charge in [-0.15, -0.1) is 0 Å². The van der Waals surface area contributed by atoms with Crippen LogP contribution in [0.1, 0.15) is 34.9 Å². The Morgan fingerprint density at radius 3 is 2.71 bits per heavy atom. The summed E-state index contributed by atoms with van der Waals surface area (Å²) in [5.74, 6) is -0.101. The second kappa shape index (κ2) is 6.11. The van der Waals surface area contributed by atoms with Gasteiger partial charge in [0.2, 0.25) is 10.0 Å². The Bertz CT molecular complexity index is 628. The summed E-state index contributed by atoms with van der Waals surface area (Å²) in [7, 11) is 0.190. The standard InChI is InChI=1S/C14H21N3O3S/c1-16(2)14(18)13-8-4-7-12(15-13)11-6-5-9-17(10-11)21(3,19)20/h4,7-8,11H,5-6,9-10H2,1-3H3. The molecule has 1 aliphatic rings. The summed E-state index contributed by atoms with van der Waals surface area (Å²) in [4.78, 5) is 17.9. The molecule has 1 aromatic rings. The molecule has 1 aliphatic heterocycles. The maximum absolute atomic E-state index is 12.0. The van der Waals surface area contributed by atoms with E-state index in [9.17, 15) is 13.2 Å². The number of sulfonamides is 1. The first-order valence-corrected chi connectivity index (χ1v) is 8.77. The first kappa shape index (κ1) is 15.9. The van der Waals surface area contributed by atoms with E-state index in [4.69, 9.17) is 0 Å². The van der Waals surface area contributed by atoms with Crippen LogP contribution in [0, 0.1) is 0 Å². The van der Waals surface area contributed by atoms with Crippen LogP contribution in [-0.2, 0) is 10.0 Å². The van der Waals surface area contributed by atoms with E-state index in [1.807, 2.05) is 6.07 Å². The van der Waals surface area contributed by atoms with Crippen LogP contribution in [0.5, 0.6) is 0 Å². The molecule has 0 bridgehead atoms. The number of pyridine rings is 1. The topological polar surface area (TPSA) is 70.6 Å². The van der Waals surface area contributed by atoms with Crippen molar-refractivity contribution in [3.05, 3.63) is 29.6 Å². The predicted octanol–water partition coefficient (Wildman–Crippen LogP) is 0.922. The normalized spacial score (nSPS) is 20.2. The Balaban J connectivity index is 2.22. The van der Waals surface area contributed by atoms with Crippen LogP contribution >= 0.6 is 0 Å². The second-order valence-electron chi connectivity index (χ2n) is 5.61. The van der Waals surface area contributed by atoms with Crippen molar-refractivity contribution >= 4 is 15.9 Å². The molecule has 0 spiro atoms. The minimum Gasteiger partial charge on any atom is -0.343 e.